The van der Waals surface area contributed by atoms with Gasteiger partial charge in [0.15, 0.2) is 0 Å². The van der Waals surface area contributed by atoms with Gasteiger partial charge in [0.1, 0.15) is 0 Å². The first-order chi connectivity index (χ1) is 7.58. The molecule has 1 heterocycles. The number of hydrogen-bond acceptors (Lipinski definition) is 3. The monoisotopic (exact) mass is 267 g/mol. The zero-order valence-electron chi connectivity index (χ0n) is 9.65. The summed E-state index contributed by atoms with van der Waals surface area (Å²) < 4.78 is 24.8. The lowest BCUT2D eigenvalue weighted by Crippen LogP contribution is -2.29. The summed E-state index contributed by atoms with van der Waals surface area (Å²) in [5.74, 6) is 0. The fraction of sp³-hybridized carbons (Fsp3) is 0.800. The zero-order valence-corrected chi connectivity index (χ0v) is 11.3. The van der Waals surface area contributed by atoms with E-state index in [2.05, 4.69) is 6.58 Å². The third-order valence-electron chi connectivity index (χ3n) is 2.36. The van der Waals surface area contributed by atoms with Crippen molar-refractivity contribution in [1.82, 2.24) is 4.67 Å². The van der Waals surface area contributed by atoms with Gasteiger partial charge in [0, 0.05) is 18.1 Å². The van der Waals surface area contributed by atoms with Gasteiger partial charge in [0.05, 0.1) is 13.2 Å². The van der Waals surface area contributed by atoms with Gasteiger partial charge in [-0.2, -0.15) is 0 Å². The van der Waals surface area contributed by atoms with E-state index in [9.17, 15) is 4.57 Å². The Morgan fingerprint density at radius 3 is 2.50 bits per heavy atom. The highest BCUT2D eigenvalue weighted by atomic mass is 35.5. The highest BCUT2D eigenvalue weighted by molar-refractivity contribution is 7.51. The van der Waals surface area contributed by atoms with Crippen LogP contribution in [0.15, 0.2) is 11.6 Å². The smallest absolute Gasteiger partial charge is 0.297 e. The van der Waals surface area contributed by atoms with Gasteiger partial charge >= 0.3 is 7.75 Å². The van der Waals surface area contributed by atoms with Crippen molar-refractivity contribution >= 4 is 19.3 Å². The van der Waals surface area contributed by atoms with E-state index in [0.717, 1.165) is 25.9 Å². The molecule has 4 nitrogen and oxygen atoms in total. The third kappa shape index (κ3) is 4.19. The Morgan fingerprint density at radius 1 is 1.38 bits per heavy atom. The maximum absolute atomic E-state index is 12.5. The van der Waals surface area contributed by atoms with Crippen LogP contribution in [0.1, 0.15) is 26.2 Å². The van der Waals surface area contributed by atoms with Crippen molar-refractivity contribution in [1.29, 1.82) is 0 Å². The second-order valence-electron chi connectivity index (χ2n) is 3.69. The van der Waals surface area contributed by atoms with E-state index in [0.29, 0.717) is 11.6 Å². The van der Waals surface area contributed by atoms with Crippen molar-refractivity contribution in [2.75, 3.05) is 26.3 Å². The fourth-order valence-electron chi connectivity index (χ4n) is 1.64. The molecule has 1 atom stereocenters. The summed E-state index contributed by atoms with van der Waals surface area (Å²) in [7, 11) is -3.16. The van der Waals surface area contributed by atoms with Crippen molar-refractivity contribution in [2.24, 2.45) is 0 Å². The number of piperidine rings is 1. The normalized spacial score (nSPS) is 21.6. The largest absolute Gasteiger partial charge is 0.408 e. The predicted molar refractivity (Wildman–Crippen MR) is 65.6 cm³/mol. The Balaban J connectivity index is 2.61. The molecule has 0 aromatic heterocycles. The van der Waals surface area contributed by atoms with Crippen molar-refractivity contribution in [3.05, 3.63) is 11.6 Å². The van der Waals surface area contributed by atoms with Crippen LogP contribution >= 0.6 is 19.3 Å². The first-order valence-electron chi connectivity index (χ1n) is 5.56. The third-order valence-corrected chi connectivity index (χ3v) is 4.60. The Hall–Kier alpha value is 0.140. The van der Waals surface area contributed by atoms with Crippen LogP contribution < -0.4 is 0 Å². The molecule has 1 fully saturated rings. The van der Waals surface area contributed by atoms with Crippen molar-refractivity contribution in [2.45, 2.75) is 26.2 Å². The van der Waals surface area contributed by atoms with Crippen molar-refractivity contribution < 1.29 is 13.6 Å². The zero-order chi connectivity index (χ0) is 12.0. The van der Waals surface area contributed by atoms with Gasteiger partial charge in [-0.25, -0.2) is 9.24 Å². The Kier molecular flexibility index (Phi) is 6.01. The minimum atomic E-state index is -3.16. The molecule has 0 spiro atoms. The van der Waals surface area contributed by atoms with E-state index in [1.807, 2.05) is 0 Å². The molecule has 0 aromatic rings. The molecule has 16 heavy (non-hydrogen) atoms. The molecule has 1 aliphatic heterocycles. The quantitative estimate of drug-likeness (QED) is 0.692. The lowest BCUT2D eigenvalue weighted by Gasteiger charge is -2.32. The molecule has 1 aliphatic rings. The molecule has 94 valence electrons. The maximum Gasteiger partial charge on any atom is 0.408 e. The van der Waals surface area contributed by atoms with Gasteiger partial charge in [0.25, 0.3) is 0 Å². The molecule has 6 heteroatoms. The number of nitrogens with zero attached hydrogens (tertiary/aromatic N) is 1. The van der Waals surface area contributed by atoms with Crippen LogP contribution in [0.25, 0.3) is 0 Å². The molecular weight excluding hydrogens is 249 g/mol. The molecule has 0 aromatic carbocycles. The van der Waals surface area contributed by atoms with Crippen LogP contribution in [0.5, 0.6) is 0 Å². The van der Waals surface area contributed by atoms with Crippen LogP contribution in [0, 0.1) is 0 Å². The minimum Gasteiger partial charge on any atom is -0.297 e. The maximum atomic E-state index is 12.5. The summed E-state index contributed by atoms with van der Waals surface area (Å²) in [5, 5.41) is 0.330. The fourth-order valence-corrected chi connectivity index (χ4v) is 3.59. The van der Waals surface area contributed by atoms with Crippen LogP contribution in [-0.2, 0) is 13.6 Å². The van der Waals surface area contributed by atoms with Crippen LogP contribution in [0.4, 0.5) is 0 Å². The molecule has 1 unspecified atom stereocenters. The topological polar surface area (TPSA) is 38.8 Å². The molecule has 0 N–H and O–H groups in total. The van der Waals surface area contributed by atoms with Gasteiger partial charge in [-0.15, -0.1) is 0 Å². The Morgan fingerprint density at radius 2 is 2.00 bits per heavy atom. The summed E-state index contributed by atoms with van der Waals surface area (Å²) in [6.45, 7) is 7.25. The molecule has 0 amide bonds. The molecular formula is C10H19ClNO3P. The molecule has 0 bridgehead atoms. The average molecular weight is 268 g/mol. The van der Waals surface area contributed by atoms with Gasteiger partial charge in [-0.3, -0.25) is 9.05 Å². The highest BCUT2D eigenvalue weighted by Crippen LogP contribution is 2.53. The molecule has 0 saturated carbocycles. The summed E-state index contributed by atoms with van der Waals surface area (Å²) >= 11 is 5.61. The lowest BCUT2D eigenvalue weighted by molar-refractivity contribution is 0.162. The SMILES string of the molecule is C=C(Cl)COP(=O)(OCC)N1CCCCC1. The first-order valence-corrected chi connectivity index (χ1v) is 7.43. The predicted octanol–water partition coefficient (Wildman–Crippen LogP) is 3.39. The summed E-state index contributed by atoms with van der Waals surface area (Å²) in [5.41, 5.74) is 0. The Labute approximate surface area is 102 Å². The number of halogens is 1. The molecule has 0 radical (unpaired) electrons. The van der Waals surface area contributed by atoms with Gasteiger partial charge in [-0.05, 0) is 19.8 Å². The summed E-state index contributed by atoms with van der Waals surface area (Å²) in [6.07, 6.45) is 3.23. The molecule has 1 saturated heterocycles. The van der Waals surface area contributed by atoms with Crippen LogP contribution in [0.2, 0.25) is 0 Å². The number of rotatable bonds is 6. The van der Waals surface area contributed by atoms with Gasteiger partial charge in [0.2, 0.25) is 0 Å². The van der Waals surface area contributed by atoms with Crippen LogP contribution in [-0.4, -0.2) is 31.0 Å². The summed E-state index contributed by atoms with van der Waals surface area (Å²) in [6, 6.07) is 0. The van der Waals surface area contributed by atoms with E-state index in [1.54, 1.807) is 11.6 Å². The summed E-state index contributed by atoms with van der Waals surface area (Å²) in [4.78, 5) is 0. The highest BCUT2D eigenvalue weighted by Gasteiger charge is 2.34. The van der Waals surface area contributed by atoms with E-state index < -0.39 is 7.75 Å². The van der Waals surface area contributed by atoms with E-state index in [1.165, 1.54) is 6.42 Å². The van der Waals surface area contributed by atoms with Gasteiger partial charge < -0.3 is 0 Å². The van der Waals surface area contributed by atoms with Crippen LogP contribution in [0.3, 0.4) is 0 Å². The Bertz CT molecular complexity index is 279. The van der Waals surface area contributed by atoms with E-state index in [-0.39, 0.29) is 6.61 Å². The first kappa shape index (κ1) is 14.2. The second kappa shape index (κ2) is 6.77. The second-order valence-corrected chi connectivity index (χ2v) is 6.25. The van der Waals surface area contributed by atoms with E-state index >= 15 is 0 Å². The average Bonchev–Trinajstić information content (AvgIpc) is 2.28. The number of hydrogen-bond donors (Lipinski definition) is 0. The molecule has 1 rings (SSSR count). The van der Waals surface area contributed by atoms with Crippen molar-refractivity contribution in [3.63, 3.8) is 0 Å². The van der Waals surface area contributed by atoms with Gasteiger partial charge in [-0.1, -0.05) is 24.6 Å². The van der Waals surface area contributed by atoms with Crippen molar-refractivity contribution in [3.8, 4) is 0 Å². The van der Waals surface area contributed by atoms with E-state index in [4.69, 9.17) is 20.6 Å². The minimum absolute atomic E-state index is 0.0648. The lowest BCUT2D eigenvalue weighted by atomic mass is 10.2. The standard InChI is InChI=1S/C10H19ClNO3P/c1-3-14-16(13,15-9-10(2)11)12-7-5-4-6-8-12/h2-9H2,1H3. The molecule has 0 aliphatic carbocycles.